The molecule has 5 nitrogen and oxygen atoms in total. The van der Waals surface area contributed by atoms with E-state index in [-0.39, 0.29) is 16.3 Å². The van der Waals surface area contributed by atoms with Crippen molar-refractivity contribution in [3.8, 4) is 0 Å². The van der Waals surface area contributed by atoms with E-state index in [2.05, 4.69) is 15.7 Å². The first-order valence-electron chi connectivity index (χ1n) is 6.38. The van der Waals surface area contributed by atoms with Gasteiger partial charge in [-0.05, 0) is 30.3 Å². The van der Waals surface area contributed by atoms with Crippen molar-refractivity contribution in [2.75, 3.05) is 0 Å². The fraction of sp³-hybridized carbons (Fsp3) is 0. The van der Waals surface area contributed by atoms with Gasteiger partial charge in [-0.2, -0.15) is 5.10 Å². The Morgan fingerprint density at radius 3 is 2.00 bits per heavy atom. The molecule has 0 heterocycles. The highest BCUT2D eigenvalue weighted by atomic mass is 35.5. The lowest BCUT2D eigenvalue weighted by molar-refractivity contribution is 0.0955. The Balaban J connectivity index is 2.26. The minimum atomic E-state index is -0.516. The summed E-state index contributed by atoms with van der Waals surface area (Å²) in [7, 11) is 0. The van der Waals surface area contributed by atoms with E-state index in [0.29, 0.717) is 20.6 Å². The second kappa shape index (κ2) is 8.35. The molecule has 124 valence electrons. The Bertz CT molecular complexity index is 837. The Kier molecular flexibility index (Phi) is 6.45. The van der Waals surface area contributed by atoms with E-state index in [1.165, 1.54) is 24.3 Å². The fourth-order valence-electron chi connectivity index (χ4n) is 1.69. The van der Waals surface area contributed by atoms with E-state index in [1.807, 2.05) is 0 Å². The maximum atomic E-state index is 12.1. The third kappa shape index (κ3) is 4.61. The summed E-state index contributed by atoms with van der Waals surface area (Å²) in [6, 6.07) is 9.10. The van der Waals surface area contributed by atoms with Crippen LogP contribution >= 0.6 is 46.4 Å². The zero-order valence-electron chi connectivity index (χ0n) is 11.8. The summed E-state index contributed by atoms with van der Waals surface area (Å²) in [5, 5.41) is 16.8. The van der Waals surface area contributed by atoms with E-state index >= 15 is 0 Å². The van der Waals surface area contributed by atoms with Crippen molar-refractivity contribution >= 4 is 64.2 Å². The molecule has 2 N–H and O–H groups in total. The molecule has 2 rings (SSSR count). The van der Waals surface area contributed by atoms with Gasteiger partial charge in [0, 0.05) is 11.1 Å². The number of nitrogens with zero attached hydrogens (tertiary/aromatic N) is 2. The van der Waals surface area contributed by atoms with Gasteiger partial charge in [0.25, 0.3) is 5.91 Å². The molecule has 0 saturated carbocycles. The van der Waals surface area contributed by atoms with E-state index in [0.717, 1.165) is 6.21 Å². The molecule has 0 atom stereocenters. The molecule has 0 unspecified atom stereocenters. The average molecular weight is 405 g/mol. The number of halogens is 4. The smallest absolute Gasteiger partial charge is 0.271 e. The minimum absolute atomic E-state index is 0.171. The van der Waals surface area contributed by atoms with Crippen LogP contribution in [-0.2, 0) is 0 Å². The van der Waals surface area contributed by atoms with Gasteiger partial charge >= 0.3 is 0 Å². The first kappa shape index (κ1) is 18.5. The normalized spacial score (nSPS) is 11.8. The Hall–Kier alpha value is -1.79. The first-order valence-corrected chi connectivity index (χ1v) is 7.89. The first-order chi connectivity index (χ1) is 11.4. The topological polar surface area (TPSA) is 74.0 Å². The largest absolute Gasteiger partial charge is 0.411 e. The molecular formula is C15H9Cl4N3O2. The molecule has 2 aromatic rings. The molecule has 0 saturated heterocycles. The standard InChI is InChI=1S/C15H9Cl4N3O2/c16-10-3-1-8(5-12(10)18)14(7-20-24)21-22-15(23)9-2-4-11(17)13(19)6-9/h1-7,24H,(H,22,23)/b20-7+,21-14+. The number of amides is 1. The number of hydrogen-bond donors (Lipinski definition) is 2. The molecule has 9 heteroatoms. The van der Waals surface area contributed by atoms with Gasteiger partial charge in [0.15, 0.2) is 0 Å². The second-order valence-electron chi connectivity index (χ2n) is 4.44. The second-order valence-corrected chi connectivity index (χ2v) is 6.07. The molecule has 2 aromatic carbocycles. The highest BCUT2D eigenvalue weighted by molar-refractivity contribution is 6.44. The number of benzene rings is 2. The summed E-state index contributed by atoms with van der Waals surface area (Å²) in [6.07, 6.45) is 1.05. The average Bonchev–Trinajstić information content (AvgIpc) is 2.56. The summed E-state index contributed by atoms with van der Waals surface area (Å²) in [5.74, 6) is -0.516. The van der Waals surface area contributed by atoms with Crippen LogP contribution in [0.2, 0.25) is 20.1 Å². The molecule has 0 aliphatic heterocycles. The van der Waals surface area contributed by atoms with Crippen LogP contribution in [0.3, 0.4) is 0 Å². The van der Waals surface area contributed by atoms with Crippen LogP contribution in [0.4, 0.5) is 0 Å². The van der Waals surface area contributed by atoms with Crippen molar-refractivity contribution in [1.82, 2.24) is 5.43 Å². The van der Waals surface area contributed by atoms with E-state index in [9.17, 15) is 4.79 Å². The maximum Gasteiger partial charge on any atom is 0.271 e. The molecule has 0 radical (unpaired) electrons. The predicted molar refractivity (Wildman–Crippen MR) is 97.2 cm³/mol. The third-order valence-electron chi connectivity index (χ3n) is 2.86. The lowest BCUT2D eigenvalue weighted by Gasteiger charge is -2.05. The van der Waals surface area contributed by atoms with Gasteiger partial charge < -0.3 is 5.21 Å². The van der Waals surface area contributed by atoms with Gasteiger partial charge in [-0.1, -0.05) is 57.6 Å². The number of carbonyl (C=O) groups is 1. The molecule has 24 heavy (non-hydrogen) atoms. The van der Waals surface area contributed by atoms with Crippen molar-refractivity contribution in [2.45, 2.75) is 0 Å². The van der Waals surface area contributed by atoms with E-state index in [1.54, 1.807) is 12.1 Å². The number of nitrogens with one attached hydrogen (secondary N) is 1. The Morgan fingerprint density at radius 1 is 0.917 bits per heavy atom. The van der Waals surface area contributed by atoms with Crippen LogP contribution in [0.1, 0.15) is 15.9 Å². The van der Waals surface area contributed by atoms with Gasteiger partial charge in [-0.15, -0.1) is 0 Å². The Morgan fingerprint density at radius 2 is 1.46 bits per heavy atom. The summed E-state index contributed by atoms with van der Waals surface area (Å²) >= 11 is 23.5. The fourth-order valence-corrected chi connectivity index (χ4v) is 2.29. The van der Waals surface area contributed by atoms with Crippen LogP contribution < -0.4 is 5.43 Å². The summed E-state index contributed by atoms with van der Waals surface area (Å²) in [5.41, 5.74) is 3.27. The molecule has 0 bridgehead atoms. The third-order valence-corrected chi connectivity index (χ3v) is 4.33. The van der Waals surface area contributed by atoms with Gasteiger partial charge in [0.1, 0.15) is 5.71 Å². The molecule has 1 amide bonds. The molecule has 0 fully saturated rings. The van der Waals surface area contributed by atoms with Crippen LogP contribution in [0, 0.1) is 0 Å². The number of hydrogen-bond acceptors (Lipinski definition) is 4. The minimum Gasteiger partial charge on any atom is -0.411 e. The molecular weight excluding hydrogens is 396 g/mol. The summed E-state index contributed by atoms with van der Waals surface area (Å²) < 4.78 is 0. The van der Waals surface area contributed by atoms with Crippen molar-refractivity contribution in [1.29, 1.82) is 0 Å². The maximum absolute atomic E-state index is 12.1. The number of oxime groups is 1. The SMILES string of the molecule is O=C(N/N=C(\C=N\O)c1ccc(Cl)c(Cl)c1)c1ccc(Cl)c(Cl)c1. The highest BCUT2D eigenvalue weighted by Gasteiger charge is 2.09. The van der Waals surface area contributed by atoms with Crippen molar-refractivity contribution < 1.29 is 10.0 Å². The van der Waals surface area contributed by atoms with Crippen LogP contribution in [0.5, 0.6) is 0 Å². The van der Waals surface area contributed by atoms with Gasteiger partial charge in [0.05, 0.1) is 26.3 Å². The van der Waals surface area contributed by atoms with Crippen molar-refractivity contribution in [2.24, 2.45) is 10.3 Å². The van der Waals surface area contributed by atoms with Crippen molar-refractivity contribution in [3.05, 3.63) is 67.6 Å². The zero-order valence-corrected chi connectivity index (χ0v) is 14.8. The predicted octanol–water partition coefficient (Wildman–Crippen LogP) is 4.89. The lowest BCUT2D eigenvalue weighted by Crippen LogP contribution is -2.20. The summed E-state index contributed by atoms with van der Waals surface area (Å²) in [6.45, 7) is 0. The van der Waals surface area contributed by atoms with Crippen molar-refractivity contribution in [3.63, 3.8) is 0 Å². The number of rotatable bonds is 4. The van der Waals surface area contributed by atoms with Crippen LogP contribution in [0.15, 0.2) is 46.7 Å². The van der Waals surface area contributed by atoms with Crippen LogP contribution in [0.25, 0.3) is 0 Å². The lowest BCUT2D eigenvalue weighted by atomic mass is 10.1. The monoisotopic (exact) mass is 403 g/mol. The van der Waals surface area contributed by atoms with E-state index in [4.69, 9.17) is 51.6 Å². The quantitative estimate of drug-likeness (QED) is 0.432. The molecule has 0 aliphatic carbocycles. The highest BCUT2D eigenvalue weighted by Crippen LogP contribution is 2.23. The summed E-state index contributed by atoms with van der Waals surface area (Å²) in [4.78, 5) is 12.1. The Labute approximate surface area is 157 Å². The molecule has 0 aromatic heterocycles. The number of hydrazone groups is 1. The number of carbonyl (C=O) groups excluding carboxylic acids is 1. The zero-order chi connectivity index (χ0) is 17.7. The van der Waals surface area contributed by atoms with Gasteiger partial charge in [-0.3, -0.25) is 4.79 Å². The van der Waals surface area contributed by atoms with Gasteiger partial charge in [0.2, 0.25) is 0 Å². The molecule has 0 aliphatic rings. The van der Waals surface area contributed by atoms with Crippen LogP contribution in [-0.4, -0.2) is 23.0 Å². The molecule has 0 spiro atoms. The van der Waals surface area contributed by atoms with E-state index < -0.39 is 5.91 Å². The van der Waals surface area contributed by atoms with Gasteiger partial charge in [-0.25, -0.2) is 5.43 Å².